The molecule has 0 radical (unpaired) electrons. The number of carbonyl (C=O) groups excluding carboxylic acids is 1. The molecule has 1 aliphatic heterocycles. The SMILES string of the molecule is COc1ccc(N(C(=O)CCc2ccc(S(=O)(=O)N3CCCC3)cc2)C(C)C2CC2)cc1. The molecule has 1 amide bonds. The van der Waals surface area contributed by atoms with E-state index in [-0.39, 0.29) is 11.9 Å². The maximum Gasteiger partial charge on any atom is 0.243 e. The number of benzene rings is 2. The molecular formula is C25H32N2O4S. The highest BCUT2D eigenvalue weighted by Gasteiger charge is 2.35. The Balaban J connectivity index is 1.43. The summed E-state index contributed by atoms with van der Waals surface area (Å²) in [6.07, 6.45) is 5.11. The first-order chi connectivity index (χ1) is 15.4. The van der Waals surface area contributed by atoms with Gasteiger partial charge >= 0.3 is 0 Å². The minimum atomic E-state index is -3.41. The van der Waals surface area contributed by atoms with Gasteiger partial charge in [0.2, 0.25) is 15.9 Å². The Morgan fingerprint density at radius 2 is 1.69 bits per heavy atom. The lowest BCUT2D eigenvalue weighted by atomic mass is 10.1. The fraction of sp³-hybridized carbons (Fsp3) is 0.480. The molecular weight excluding hydrogens is 424 g/mol. The van der Waals surface area contributed by atoms with E-state index in [1.165, 1.54) is 0 Å². The van der Waals surface area contributed by atoms with E-state index >= 15 is 0 Å². The summed E-state index contributed by atoms with van der Waals surface area (Å²) in [6, 6.07) is 14.8. The van der Waals surface area contributed by atoms with Crippen molar-refractivity contribution in [3.63, 3.8) is 0 Å². The molecule has 0 spiro atoms. The van der Waals surface area contributed by atoms with Gasteiger partial charge in [-0.15, -0.1) is 0 Å². The molecule has 172 valence electrons. The van der Waals surface area contributed by atoms with Gasteiger partial charge in [-0.25, -0.2) is 8.42 Å². The summed E-state index contributed by atoms with van der Waals surface area (Å²) in [7, 11) is -1.78. The van der Waals surface area contributed by atoms with Crippen molar-refractivity contribution < 1.29 is 17.9 Å². The van der Waals surface area contributed by atoms with Crippen LogP contribution in [0, 0.1) is 5.92 Å². The number of methoxy groups -OCH3 is 1. The van der Waals surface area contributed by atoms with Gasteiger partial charge in [0.15, 0.2) is 0 Å². The maximum atomic E-state index is 13.2. The lowest BCUT2D eigenvalue weighted by Gasteiger charge is -2.30. The maximum absolute atomic E-state index is 13.2. The number of ether oxygens (including phenoxy) is 1. The van der Waals surface area contributed by atoms with Gasteiger partial charge in [0.25, 0.3) is 0 Å². The Labute approximate surface area is 191 Å². The van der Waals surface area contributed by atoms with Gasteiger partial charge in [-0.2, -0.15) is 4.31 Å². The molecule has 2 aromatic rings. The molecule has 6 nitrogen and oxygen atoms in total. The molecule has 1 saturated heterocycles. The Kier molecular flexibility index (Phi) is 6.86. The Morgan fingerprint density at radius 1 is 1.06 bits per heavy atom. The van der Waals surface area contributed by atoms with Crippen LogP contribution in [-0.4, -0.2) is 44.9 Å². The van der Waals surface area contributed by atoms with Crippen molar-refractivity contribution >= 4 is 21.6 Å². The van der Waals surface area contributed by atoms with Gasteiger partial charge in [-0.1, -0.05) is 12.1 Å². The van der Waals surface area contributed by atoms with Gasteiger partial charge in [-0.05, 0) is 86.9 Å². The third kappa shape index (κ3) is 4.99. The van der Waals surface area contributed by atoms with Crippen LogP contribution in [-0.2, 0) is 21.2 Å². The van der Waals surface area contributed by atoms with Crippen molar-refractivity contribution in [3.8, 4) is 5.75 Å². The molecule has 1 saturated carbocycles. The van der Waals surface area contributed by atoms with Crippen molar-refractivity contribution in [1.82, 2.24) is 4.31 Å². The molecule has 1 unspecified atom stereocenters. The average Bonchev–Trinajstić information content (AvgIpc) is 3.51. The standard InChI is InChI=1S/C25H32N2O4S/c1-19(21-8-9-21)27(22-10-12-23(31-2)13-11-22)25(28)16-7-20-5-14-24(15-6-20)32(29,30)26-17-3-4-18-26/h5-6,10-15,19,21H,3-4,7-9,16-18H2,1-2H3. The van der Waals surface area contributed by atoms with Crippen molar-refractivity contribution in [2.24, 2.45) is 5.92 Å². The zero-order valence-corrected chi connectivity index (χ0v) is 19.7. The van der Waals surface area contributed by atoms with Crippen molar-refractivity contribution in [3.05, 3.63) is 54.1 Å². The van der Waals surface area contributed by atoms with E-state index in [2.05, 4.69) is 6.92 Å². The minimum absolute atomic E-state index is 0.0864. The third-order valence-corrected chi connectivity index (χ3v) is 8.50. The lowest BCUT2D eigenvalue weighted by Crippen LogP contribution is -2.40. The van der Waals surface area contributed by atoms with E-state index < -0.39 is 10.0 Å². The zero-order valence-electron chi connectivity index (χ0n) is 18.9. The van der Waals surface area contributed by atoms with Crippen LogP contribution in [0.1, 0.15) is 44.6 Å². The number of hydrogen-bond acceptors (Lipinski definition) is 4. The number of rotatable bonds is 9. The van der Waals surface area contributed by atoms with E-state index in [1.807, 2.05) is 41.3 Å². The minimum Gasteiger partial charge on any atom is -0.497 e. The number of sulfonamides is 1. The Morgan fingerprint density at radius 3 is 2.25 bits per heavy atom. The molecule has 0 N–H and O–H groups in total. The second-order valence-electron chi connectivity index (χ2n) is 8.79. The second kappa shape index (κ2) is 9.63. The summed E-state index contributed by atoms with van der Waals surface area (Å²) in [4.78, 5) is 15.5. The summed E-state index contributed by atoms with van der Waals surface area (Å²) >= 11 is 0. The van der Waals surface area contributed by atoms with E-state index in [1.54, 1.807) is 23.5 Å². The summed E-state index contributed by atoms with van der Waals surface area (Å²) in [6.45, 7) is 3.32. The summed E-state index contributed by atoms with van der Waals surface area (Å²) in [5, 5.41) is 0. The smallest absolute Gasteiger partial charge is 0.243 e. The average molecular weight is 457 g/mol. The largest absolute Gasteiger partial charge is 0.497 e. The Hall–Kier alpha value is -2.38. The molecule has 0 aromatic heterocycles. The van der Waals surface area contributed by atoms with Crippen LogP contribution in [0.5, 0.6) is 5.75 Å². The first-order valence-electron chi connectivity index (χ1n) is 11.5. The zero-order chi connectivity index (χ0) is 22.7. The number of nitrogens with zero attached hydrogens (tertiary/aromatic N) is 2. The van der Waals surface area contributed by atoms with E-state index in [0.717, 1.165) is 42.7 Å². The normalized spacial score (nSPS) is 17.8. The van der Waals surface area contributed by atoms with Crippen LogP contribution >= 0.6 is 0 Å². The molecule has 2 aliphatic rings. The molecule has 1 atom stereocenters. The van der Waals surface area contributed by atoms with Gasteiger partial charge < -0.3 is 9.64 Å². The number of anilines is 1. The molecule has 1 heterocycles. The van der Waals surface area contributed by atoms with Gasteiger partial charge in [0.05, 0.1) is 12.0 Å². The molecule has 4 rings (SSSR count). The number of carbonyl (C=O) groups is 1. The monoisotopic (exact) mass is 456 g/mol. The van der Waals surface area contributed by atoms with E-state index in [0.29, 0.717) is 36.7 Å². The highest BCUT2D eigenvalue weighted by molar-refractivity contribution is 7.89. The number of amides is 1. The molecule has 1 aliphatic carbocycles. The van der Waals surface area contributed by atoms with Gasteiger partial charge in [0, 0.05) is 31.2 Å². The van der Waals surface area contributed by atoms with Crippen molar-refractivity contribution in [2.75, 3.05) is 25.1 Å². The summed E-state index contributed by atoms with van der Waals surface area (Å²) in [5.74, 6) is 1.41. The lowest BCUT2D eigenvalue weighted by molar-refractivity contribution is -0.119. The highest BCUT2D eigenvalue weighted by Crippen LogP contribution is 2.37. The van der Waals surface area contributed by atoms with Crippen molar-refractivity contribution in [1.29, 1.82) is 0 Å². The third-order valence-electron chi connectivity index (χ3n) is 6.58. The van der Waals surface area contributed by atoms with Crippen molar-refractivity contribution in [2.45, 2.75) is 56.4 Å². The quantitative estimate of drug-likeness (QED) is 0.566. The van der Waals surface area contributed by atoms with Crippen LogP contribution in [0.4, 0.5) is 5.69 Å². The predicted molar refractivity (Wildman–Crippen MR) is 125 cm³/mol. The molecule has 7 heteroatoms. The van der Waals surface area contributed by atoms with Gasteiger partial charge in [-0.3, -0.25) is 4.79 Å². The topological polar surface area (TPSA) is 66.9 Å². The first kappa shape index (κ1) is 22.8. The van der Waals surface area contributed by atoms with E-state index in [9.17, 15) is 13.2 Å². The fourth-order valence-corrected chi connectivity index (χ4v) is 5.93. The molecule has 0 bridgehead atoms. The van der Waals surface area contributed by atoms with Crippen LogP contribution in [0.15, 0.2) is 53.4 Å². The number of hydrogen-bond donors (Lipinski definition) is 0. The summed E-state index contributed by atoms with van der Waals surface area (Å²) in [5.41, 5.74) is 1.86. The Bertz CT molecular complexity index is 1020. The van der Waals surface area contributed by atoms with Crippen LogP contribution in [0.2, 0.25) is 0 Å². The molecule has 2 fully saturated rings. The summed E-state index contributed by atoms with van der Waals surface area (Å²) < 4.78 is 32.2. The second-order valence-corrected chi connectivity index (χ2v) is 10.7. The fourth-order valence-electron chi connectivity index (χ4n) is 4.42. The number of aryl methyl sites for hydroxylation is 1. The van der Waals surface area contributed by atoms with Crippen LogP contribution in [0.3, 0.4) is 0 Å². The van der Waals surface area contributed by atoms with Crippen LogP contribution in [0.25, 0.3) is 0 Å². The molecule has 2 aromatic carbocycles. The molecule has 32 heavy (non-hydrogen) atoms. The highest BCUT2D eigenvalue weighted by atomic mass is 32.2. The van der Waals surface area contributed by atoms with E-state index in [4.69, 9.17) is 4.74 Å². The van der Waals surface area contributed by atoms with Crippen LogP contribution < -0.4 is 9.64 Å². The van der Waals surface area contributed by atoms with Gasteiger partial charge in [0.1, 0.15) is 5.75 Å². The first-order valence-corrected chi connectivity index (χ1v) is 12.9. The predicted octanol–water partition coefficient (Wildman–Crippen LogP) is 4.24.